The number of nitrogens with two attached hydrogens (primary N) is 1. The van der Waals surface area contributed by atoms with Gasteiger partial charge in [0.25, 0.3) is 5.56 Å². The molecule has 4 N–H and O–H groups in total. The number of aromatic nitrogens is 2. The molecule has 0 bridgehead atoms. The van der Waals surface area contributed by atoms with Crippen molar-refractivity contribution in [3.8, 4) is 0 Å². The molecule has 1 saturated heterocycles. The summed E-state index contributed by atoms with van der Waals surface area (Å²) >= 11 is 0. The van der Waals surface area contributed by atoms with Gasteiger partial charge in [0, 0.05) is 19.6 Å². The minimum Gasteiger partial charge on any atom is -0.383 e. The van der Waals surface area contributed by atoms with Crippen LogP contribution in [0.4, 0.5) is 11.5 Å². The Morgan fingerprint density at radius 1 is 1.29 bits per heavy atom. The molecule has 2 rings (SSSR count). The van der Waals surface area contributed by atoms with E-state index in [0.29, 0.717) is 18.8 Å². The van der Waals surface area contributed by atoms with Crippen LogP contribution in [0.25, 0.3) is 0 Å². The van der Waals surface area contributed by atoms with Gasteiger partial charge >= 0.3 is 5.69 Å². The Labute approximate surface area is 124 Å². The highest BCUT2D eigenvalue weighted by atomic mass is 16.2. The van der Waals surface area contributed by atoms with Crippen molar-refractivity contribution in [1.29, 1.82) is 0 Å². The van der Waals surface area contributed by atoms with Crippen LogP contribution in [0.2, 0.25) is 0 Å². The highest BCUT2D eigenvalue weighted by molar-refractivity contribution is 5.60. The van der Waals surface area contributed by atoms with E-state index in [1.54, 1.807) is 0 Å². The third kappa shape index (κ3) is 3.87. The Bertz CT molecular complexity index is 584. The zero-order chi connectivity index (χ0) is 15.4. The summed E-state index contributed by atoms with van der Waals surface area (Å²) < 4.78 is 1.42. The number of nitrogens with zero attached hydrogens (tertiary/aromatic N) is 2. The van der Waals surface area contributed by atoms with Crippen molar-refractivity contribution in [2.75, 3.05) is 37.2 Å². The lowest BCUT2D eigenvalue weighted by Crippen LogP contribution is -2.36. The van der Waals surface area contributed by atoms with Crippen LogP contribution in [-0.4, -0.2) is 40.6 Å². The van der Waals surface area contributed by atoms with E-state index in [1.165, 1.54) is 17.4 Å². The molecule has 1 aromatic rings. The summed E-state index contributed by atoms with van der Waals surface area (Å²) in [6.07, 6.45) is 2.48. The molecular formula is C14H25N5O2. The molecule has 0 radical (unpaired) electrons. The third-order valence-electron chi connectivity index (χ3n) is 3.72. The number of nitrogens with one attached hydrogen (secondary N) is 2. The molecule has 7 heteroatoms. The summed E-state index contributed by atoms with van der Waals surface area (Å²) in [7, 11) is 0. The standard InChI is InChI=1S/C14H25N5O2/c1-10(2)9-19-12(15)11(13(20)17-14(19)21)16-5-8-18-6-3-4-7-18/h10,16H,3-9,15H2,1-2H3,(H,17,20,21). The fraction of sp³-hybridized carbons (Fsp3) is 0.714. The van der Waals surface area contributed by atoms with E-state index >= 15 is 0 Å². The Hall–Kier alpha value is -1.76. The van der Waals surface area contributed by atoms with Crippen LogP contribution in [-0.2, 0) is 6.54 Å². The van der Waals surface area contributed by atoms with E-state index < -0.39 is 11.2 Å². The Morgan fingerprint density at radius 3 is 2.57 bits per heavy atom. The molecule has 1 fully saturated rings. The highest BCUT2D eigenvalue weighted by Gasteiger charge is 2.14. The minimum absolute atomic E-state index is 0.221. The third-order valence-corrected chi connectivity index (χ3v) is 3.72. The zero-order valence-electron chi connectivity index (χ0n) is 12.8. The smallest absolute Gasteiger partial charge is 0.330 e. The van der Waals surface area contributed by atoms with Crippen molar-refractivity contribution in [2.24, 2.45) is 5.92 Å². The molecule has 0 amide bonds. The maximum Gasteiger partial charge on any atom is 0.330 e. The van der Waals surface area contributed by atoms with Crippen molar-refractivity contribution in [1.82, 2.24) is 14.5 Å². The first-order valence-corrected chi connectivity index (χ1v) is 7.58. The molecule has 1 aliphatic heterocycles. The molecule has 21 heavy (non-hydrogen) atoms. The Kier molecular flexibility index (Phi) is 5.06. The summed E-state index contributed by atoms with van der Waals surface area (Å²) in [5, 5.41) is 3.08. The van der Waals surface area contributed by atoms with Crippen LogP contribution >= 0.6 is 0 Å². The lowest BCUT2D eigenvalue weighted by molar-refractivity contribution is 0.352. The van der Waals surface area contributed by atoms with Gasteiger partial charge in [0.2, 0.25) is 0 Å². The first kappa shape index (κ1) is 15.6. The molecular weight excluding hydrogens is 270 g/mol. The van der Waals surface area contributed by atoms with Crippen molar-refractivity contribution in [2.45, 2.75) is 33.2 Å². The first-order chi connectivity index (χ1) is 9.99. The van der Waals surface area contributed by atoms with Gasteiger partial charge in [-0.15, -0.1) is 0 Å². The SMILES string of the molecule is CC(C)Cn1c(N)c(NCCN2CCCC2)c(=O)[nH]c1=O. The van der Waals surface area contributed by atoms with E-state index in [1.807, 2.05) is 13.8 Å². The second-order valence-electron chi connectivity index (χ2n) is 6.00. The summed E-state index contributed by atoms with van der Waals surface area (Å²) in [5.74, 6) is 0.493. The molecule has 0 saturated carbocycles. The molecule has 0 unspecified atom stereocenters. The van der Waals surface area contributed by atoms with Crippen LogP contribution in [0.3, 0.4) is 0 Å². The van der Waals surface area contributed by atoms with E-state index in [2.05, 4.69) is 15.2 Å². The molecule has 0 atom stereocenters. The van der Waals surface area contributed by atoms with Crippen LogP contribution in [0.5, 0.6) is 0 Å². The Balaban J connectivity index is 2.10. The zero-order valence-corrected chi connectivity index (χ0v) is 12.8. The first-order valence-electron chi connectivity index (χ1n) is 7.58. The predicted molar refractivity (Wildman–Crippen MR) is 84.7 cm³/mol. The van der Waals surface area contributed by atoms with Gasteiger partial charge in [0.1, 0.15) is 11.5 Å². The molecule has 0 aliphatic carbocycles. The van der Waals surface area contributed by atoms with Crippen molar-refractivity contribution in [3.05, 3.63) is 20.8 Å². The predicted octanol–water partition coefficient (Wildman–Crippen LogP) is 0.283. The number of nitrogen functional groups attached to an aromatic ring is 1. The second kappa shape index (κ2) is 6.80. The van der Waals surface area contributed by atoms with Crippen LogP contribution in [0.1, 0.15) is 26.7 Å². The summed E-state index contributed by atoms with van der Waals surface area (Å²) in [5.41, 5.74) is 5.40. The number of aromatic amines is 1. The van der Waals surface area contributed by atoms with Crippen molar-refractivity contribution in [3.63, 3.8) is 0 Å². The topological polar surface area (TPSA) is 96.2 Å². The Morgan fingerprint density at radius 2 is 1.95 bits per heavy atom. The average Bonchev–Trinajstić information content (AvgIpc) is 2.91. The summed E-state index contributed by atoms with van der Waals surface area (Å²) in [6.45, 7) is 8.23. The van der Waals surface area contributed by atoms with Gasteiger partial charge in [-0.2, -0.15) is 0 Å². The monoisotopic (exact) mass is 295 g/mol. The maximum atomic E-state index is 11.9. The van der Waals surface area contributed by atoms with Crippen molar-refractivity contribution < 1.29 is 0 Å². The van der Waals surface area contributed by atoms with Gasteiger partial charge in [0.15, 0.2) is 0 Å². The normalized spacial score (nSPS) is 15.8. The van der Waals surface area contributed by atoms with Crippen LogP contribution < -0.4 is 22.3 Å². The van der Waals surface area contributed by atoms with E-state index in [4.69, 9.17) is 5.73 Å². The highest BCUT2D eigenvalue weighted by Crippen LogP contribution is 2.12. The minimum atomic E-state index is -0.448. The fourth-order valence-corrected chi connectivity index (χ4v) is 2.65. The lowest BCUT2D eigenvalue weighted by Gasteiger charge is -2.17. The molecule has 2 heterocycles. The lowest BCUT2D eigenvalue weighted by atomic mass is 10.2. The van der Waals surface area contributed by atoms with E-state index in [9.17, 15) is 9.59 Å². The number of anilines is 2. The molecule has 0 aromatic carbocycles. The summed E-state index contributed by atoms with van der Waals surface area (Å²) in [6, 6.07) is 0. The largest absolute Gasteiger partial charge is 0.383 e. The van der Waals surface area contributed by atoms with Gasteiger partial charge < -0.3 is 16.0 Å². The molecule has 1 aromatic heterocycles. The fourth-order valence-electron chi connectivity index (χ4n) is 2.65. The van der Waals surface area contributed by atoms with Gasteiger partial charge in [0.05, 0.1) is 0 Å². The average molecular weight is 295 g/mol. The molecule has 0 spiro atoms. The van der Waals surface area contributed by atoms with E-state index in [-0.39, 0.29) is 11.7 Å². The second-order valence-corrected chi connectivity index (χ2v) is 6.00. The van der Waals surface area contributed by atoms with Crippen molar-refractivity contribution >= 4 is 11.5 Å². The molecule has 118 valence electrons. The number of hydrogen-bond acceptors (Lipinski definition) is 5. The van der Waals surface area contributed by atoms with E-state index in [0.717, 1.165) is 19.6 Å². The van der Waals surface area contributed by atoms with Crippen LogP contribution in [0, 0.1) is 5.92 Å². The summed E-state index contributed by atoms with van der Waals surface area (Å²) in [4.78, 5) is 28.4. The number of H-pyrrole nitrogens is 1. The maximum absolute atomic E-state index is 11.9. The van der Waals surface area contributed by atoms with Crippen LogP contribution in [0.15, 0.2) is 9.59 Å². The van der Waals surface area contributed by atoms with Gasteiger partial charge in [-0.25, -0.2) is 4.79 Å². The quantitative estimate of drug-likeness (QED) is 0.700. The van der Waals surface area contributed by atoms with Gasteiger partial charge in [-0.3, -0.25) is 14.3 Å². The molecule has 1 aliphatic rings. The van der Waals surface area contributed by atoms with Gasteiger partial charge in [-0.05, 0) is 31.8 Å². The number of likely N-dealkylation sites (tertiary alicyclic amines) is 1. The number of hydrogen-bond donors (Lipinski definition) is 3. The van der Waals surface area contributed by atoms with Gasteiger partial charge in [-0.1, -0.05) is 13.8 Å². The number of rotatable bonds is 6. The molecule has 7 nitrogen and oxygen atoms in total.